The third-order valence-corrected chi connectivity index (χ3v) is 5.68. The maximum absolute atomic E-state index is 13.0. The SMILES string of the molecule is Cc1[nH]nc2c1c(=O)n(CCCN)c1ccc(/C=C/CN3CCCCC3)cc21. The fourth-order valence-electron chi connectivity index (χ4n) is 4.16. The van der Waals surface area contributed by atoms with E-state index in [2.05, 4.69) is 39.4 Å². The van der Waals surface area contributed by atoms with E-state index in [4.69, 9.17) is 5.73 Å². The topological polar surface area (TPSA) is 79.9 Å². The van der Waals surface area contributed by atoms with Crippen LogP contribution in [-0.2, 0) is 6.54 Å². The Morgan fingerprint density at radius 1 is 1.25 bits per heavy atom. The normalized spacial score (nSPS) is 15.9. The summed E-state index contributed by atoms with van der Waals surface area (Å²) in [5, 5.41) is 9.10. The number of aromatic nitrogens is 3. The number of nitrogens with zero attached hydrogens (tertiary/aromatic N) is 3. The summed E-state index contributed by atoms with van der Waals surface area (Å²) < 4.78 is 1.84. The second-order valence-electron chi connectivity index (χ2n) is 7.71. The monoisotopic (exact) mass is 379 g/mol. The smallest absolute Gasteiger partial charge is 0.262 e. The van der Waals surface area contributed by atoms with Gasteiger partial charge in [-0.05, 0) is 63.5 Å². The number of aryl methyl sites for hydroxylation is 2. The molecule has 1 saturated heterocycles. The van der Waals surface area contributed by atoms with Crippen LogP contribution in [0.5, 0.6) is 0 Å². The second-order valence-corrected chi connectivity index (χ2v) is 7.71. The van der Waals surface area contributed by atoms with Gasteiger partial charge in [0, 0.05) is 24.2 Å². The number of benzene rings is 1. The lowest BCUT2D eigenvalue weighted by Gasteiger charge is -2.24. The van der Waals surface area contributed by atoms with E-state index in [0.717, 1.165) is 40.6 Å². The van der Waals surface area contributed by atoms with E-state index >= 15 is 0 Å². The molecule has 0 unspecified atom stereocenters. The zero-order valence-electron chi connectivity index (χ0n) is 16.6. The number of H-pyrrole nitrogens is 1. The number of rotatable bonds is 6. The quantitative estimate of drug-likeness (QED) is 0.690. The van der Waals surface area contributed by atoms with Crippen molar-refractivity contribution in [2.24, 2.45) is 5.73 Å². The highest BCUT2D eigenvalue weighted by Crippen LogP contribution is 2.24. The number of aromatic amines is 1. The minimum atomic E-state index is 0.00981. The van der Waals surface area contributed by atoms with Gasteiger partial charge in [0.15, 0.2) is 0 Å². The summed E-state index contributed by atoms with van der Waals surface area (Å²) in [6.07, 6.45) is 9.16. The highest BCUT2D eigenvalue weighted by atomic mass is 16.1. The number of nitrogens with one attached hydrogen (secondary N) is 1. The minimum absolute atomic E-state index is 0.00981. The highest BCUT2D eigenvalue weighted by molar-refractivity contribution is 6.04. The summed E-state index contributed by atoms with van der Waals surface area (Å²) in [5.41, 5.74) is 9.32. The van der Waals surface area contributed by atoms with Crippen LogP contribution in [0.3, 0.4) is 0 Å². The molecule has 1 aliphatic rings. The molecule has 2 aromatic heterocycles. The van der Waals surface area contributed by atoms with Gasteiger partial charge in [-0.2, -0.15) is 5.10 Å². The molecule has 3 N–H and O–H groups in total. The standard InChI is InChI=1S/C22H29N5O/c1-16-20-21(25-24-16)18-15-17(7-5-13-26-11-3-2-4-12-26)8-9-19(18)27(22(20)28)14-6-10-23/h5,7-9,15H,2-4,6,10-14,23H2,1H3,(H,24,25)/b7-5+. The summed E-state index contributed by atoms with van der Waals surface area (Å²) in [7, 11) is 0. The molecule has 28 heavy (non-hydrogen) atoms. The van der Waals surface area contributed by atoms with Gasteiger partial charge in [-0.1, -0.05) is 24.6 Å². The first kappa shape index (κ1) is 18.9. The largest absolute Gasteiger partial charge is 0.330 e. The van der Waals surface area contributed by atoms with Crippen molar-refractivity contribution < 1.29 is 0 Å². The van der Waals surface area contributed by atoms with Gasteiger partial charge in [-0.3, -0.25) is 14.8 Å². The molecule has 1 aliphatic heterocycles. The maximum Gasteiger partial charge on any atom is 0.262 e. The van der Waals surface area contributed by atoms with E-state index in [9.17, 15) is 4.79 Å². The third kappa shape index (κ3) is 3.62. The summed E-state index contributed by atoms with van der Waals surface area (Å²) in [6.45, 7) is 6.47. The Bertz CT molecular complexity index is 1060. The van der Waals surface area contributed by atoms with Gasteiger partial charge in [0.05, 0.1) is 10.9 Å². The number of fused-ring (bicyclic) bond motifs is 3. The zero-order valence-corrected chi connectivity index (χ0v) is 16.6. The van der Waals surface area contributed by atoms with Gasteiger partial charge in [0.2, 0.25) is 0 Å². The predicted octanol–water partition coefficient (Wildman–Crippen LogP) is 3.03. The van der Waals surface area contributed by atoms with Crippen LogP contribution in [-0.4, -0.2) is 45.8 Å². The van der Waals surface area contributed by atoms with Crippen molar-refractivity contribution in [1.82, 2.24) is 19.7 Å². The van der Waals surface area contributed by atoms with Crippen LogP contribution >= 0.6 is 0 Å². The summed E-state index contributed by atoms with van der Waals surface area (Å²) in [4.78, 5) is 15.5. The molecule has 1 aromatic carbocycles. The van der Waals surface area contributed by atoms with Crippen LogP contribution < -0.4 is 11.3 Å². The fourth-order valence-corrected chi connectivity index (χ4v) is 4.16. The van der Waals surface area contributed by atoms with Gasteiger partial charge in [0.25, 0.3) is 5.56 Å². The van der Waals surface area contributed by atoms with Crippen molar-refractivity contribution in [1.29, 1.82) is 0 Å². The molecule has 0 atom stereocenters. The Hall–Kier alpha value is -2.44. The number of pyridine rings is 1. The van der Waals surface area contributed by atoms with Crippen molar-refractivity contribution >= 4 is 27.9 Å². The molecule has 0 amide bonds. The van der Waals surface area contributed by atoms with Gasteiger partial charge >= 0.3 is 0 Å². The summed E-state index contributed by atoms with van der Waals surface area (Å²) in [6, 6.07) is 6.26. The molecule has 3 heterocycles. The number of nitrogens with two attached hydrogens (primary N) is 1. The van der Waals surface area contributed by atoms with Crippen LogP contribution in [0.2, 0.25) is 0 Å². The first-order chi connectivity index (χ1) is 13.7. The minimum Gasteiger partial charge on any atom is -0.330 e. The van der Waals surface area contributed by atoms with Gasteiger partial charge < -0.3 is 10.3 Å². The Balaban J connectivity index is 1.72. The van der Waals surface area contributed by atoms with Crippen molar-refractivity contribution in [3.63, 3.8) is 0 Å². The average molecular weight is 380 g/mol. The number of piperidine rings is 1. The molecule has 0 radical (unpaired) electrons. The molecule has 0 bridgehead atoms. The fraction of sp³-hybridized carbons (Fsp3) is 0.455. The van der Waals surface area contributed by atoms with Crippen molar-refractivity contribution in [3.05, 3.63) is 45.9 Å². The third-order valence-electron chi connectivity index (χ3n) is 5.68. The van der Waals surface area contributed by atoms with Crippen molar-refractivity contribution in [2.75, 3.05) is 26.2 Å². The van der Waals surface area contributed by atoms with Crippen LogP contribution in [0.4, 0.5) is 0 Å². The van der Waals surface area contributed by atoms with E-state index in [1.807, 2.05) is 17.6 Å². The molecule has 0 spiro atoms. The average Bonchev–Trinajstić information content (AvgIpc) is 3.11. The molecule has 0 saturated carbocycles. The number of likely N-dealkylation sites (tertiary alicyclic amines) is 1. The van der Waals surface area contributed by atoms with Crippen molar-refractivity contribution in [2.45, 2.75) is 39.2 Å². The van der Waals surface area contributed by atoms with Gasteiger partial charge in [0.1, 0.15) is 5.52 Å². The van der Waals surface area contributed by atoms with Crippen LogP contribution in [0.15, 0.2) is 29.1 Å². The van der Waals surface area contributed by atoms with E-state index in [-0.39, 0.29) is 5.56 Å². The van der Waals surface area contributed by atoms with Crippen LogP contribution in [0.25, 0.3) is 27.9 Å². The lowest BCUT2D eigenvalue weighted by atomic mass is 10.1. The van der Waals surface area contributed by atoms with E-state index in [1.165, 1.54) is 32.4 Å². The Kier molecular flexibility index (Phi) is 5.59. The number of hydrogen-bond acceptors (Lipinski definition) is 4. The number of hydrogen-bond donors (Lipinski definition) is 2. The molecule has 1 fully saturated rings. The first-order valence-electron chi connectivity index (χ1n) is 10.3. The molecule has 0 aliphatic carbocycles. The molecular weight excluding hydrogens is 350 g/mol. The van der Waals surface area contributed by atoms with Gasteiger partial charge in [-0.15, -0.1) is 0 Å². The molecule has 6 nitrogen and oxygen atoms in total. The zero-order chi connectivity index (χ0) is 19.5. The molecule has 148 valence electrons. The van der Waals surface area contributed by atoms with Gasteiger partial charge in [-0.25, -0.2) is 0 Å². The lowest BCUT2D eigenvalue weighted by molar-refractivity contribution is 0.252. The predicted molar refractivity (Wildman–Crippen MR) is 116 cm³/mol. The summed E-state index contributed by atoms with van der Waals surface area (Å²) in [5.74, 6) is 0. The van der Waals surface area contributed by atoms with Crippen molar-refractivity contribution in [3.8, 4) is 0 Å². The Morgan fingerprint density at radius 2 is 2.07 bits per heavy atom. The molecule has 3 aromatic rings. The molecular formula is C22H29N5O. The summed E-state index contributed by atoms with van der Waals surface area (Å²) >= 11 is 0. The van der Waals surface area contributed by atoms with E-state index < -0.39 is 0 Å². The molecule has 4 rings (SSSR count). The van der Waals surface area contributed by atoms with E-state index in [0.29, 0.717) is 18.5 Å². The maximum atomic E-state index is 13.0. The highest BCUT2D eigenvalue weighted by Gasteiger charge is 2.15. The lowest BCUT2D eigenvalue weighted by Crippen LogP contribution is -2.29. The van der Waals surface area contributed by atoms with Crippen LogP contribution in [0.1, 0.15) is 36.9 Å². The first-order valence-corrected chi connectivity index (χ1v) is 10.3. The Labute approximate surface area is 165 Å². The Morgan fingerprint density at radius 3 is 2.86 bits per heavy atom. The van der Waals surface area contributed by atoms with Crippen LogP contribution in [0, 0.1) is 6.92 Å². The second kappa shape index (κ2) is 8.29. The molecule has 6 heteroatoms. The van der Waals surface area contributed by atoms with E-state index in [1.54, 1.807) is 0 Å².